The van der Waals surface area contributed by atoms with E-state index >= 15 is 0 Å². The molecule has 1 aromatic rings. The summed E-state index contributed by atoms with van der Waals surface area (Å²) in [6.45, 7) is 7.19. The number of alkyl halides is 1. The Morgan fingerprint density at radius 1 is 1.24 bits per heavy atom. The second-order valence-corrected chi connectivity index (χ2v) is 5.69. The van der Waals surface area contributed by atoms with Gasteiger partial charge in [0.15, 0.2) is 0 Å². The van der Waals surface area contributed by atoms with Crippen LogP contribution in [0, 0.1) is 0 Å². The number of halogens is 1. The molecule has 0 N–H and O–H groups in total. The van der Waals surface area contributed by atoms with E-state index in [-0.39, 0.29) is 5.88 Å². The van der Waals surface area contributed by atoms with Crippen molar-refractivity contribution >= 4 is 17.3 Å². The largest absolute Gasteiger partial charge is 0.422 e. The molecule has 3 heterocycles. The zero-order valence-electron chi connectivity index (χ0n) is 12.2. The highest BCUT2D eigenvalue weighted by atomic mass is 35.5. The van der Waals surface area contributed by atoms with Crippen molar-refractivity contribution in [1.29, 1.82) is 0 Å². The fourth-order valence-electron chi connectivity index (χ4n) is 2.74. The summed E-state index contributed by atoms with van der Waals surface area (Å²) in [6, 6.07) is 0.356. The molecule has 3 rings (SSSR count). The summed E-state index contributed by atoms with van der Waals surface area (Å²) in [6.07, 6.45) is 0.980. The van der Waals surface area contributed by atoms with E-state index in [0.717, 1.165) is 45.0 Å². The van der Waals surface area contributed by atoms with Crippen LogP contribution >= 0.6 is 11.6 Å². The summed E-state index contributed by atoms with van der Waals surface area (Å²) >= 11 is 5.68. The van der Waals surface area contributed by atoms with Gasteiger partial charge in [-0.2, -0.15) is 5.10 Å². The van der Waals surface area contributed by atoms with Crippen LogP contribution in [0.1, 0.15) is 25.1 Å². The van der Waals surface area contributed by atoms with E-state index in [4.69, 9.17) is 20.8 Å². The quantitative estimate of drug-likeness (QED) is 0.758. The summed E-state index contributed by atoms with van der Waals surface area (Å²) in [5.41, 5.74) is 1.14. The number of hydrazone groups is 1. The third-order valence-corrected chi connectivity index (χ3v) is 3.97. The number of nitrogens with zero attached hydrogens (tertiary/aromatic N) is 5. The standard InChI is InChI=1S/C13H20ClN5O2/c1-10-6-11(8-18-2-4-20-5-3-18)19(17-10)9-13-16-15-12(7-14)21-13/h11H,2-9H2,1H3. The number of rotatable bonds is 5. The van der Waals surface area contributed by atoms with Gasteiger partial charge in [0, 0.05) is 31.8 Å². The van der Waals surface area contributed by atoms with Gasteiger partial charge in [-0.3, -0.25) is 9.91 Å². The average Bonchev–Trinajstić information content (AvgIpc) is 3.07. The maximum Gasteiger partial charge on any atom is 0.237 e. The zero-order chi connectivity index (χ0) is 14.7. The summed E-state index contributed by atoms with van der Waals surface area (Å²) in [7, 11) is 0. The first kappa shape index (κ1) is 14.7. The molecule has 0 saturated carbocycles. The molecule has 0 spiro atoms. The highest BCUT2D eigenvalue weighted by Gasteiger charge is 2.28. The Morgan fingerprint density at radius 3 is 2.71 bits per heavy atom. The summed E-state index contributed by atoms with van der Waals surface area (Å²) < 4.78 is 10.9. The van der Waals surface area contributed by atoms with Crippen molar-refractivity contribution in [2.75, 3.05) is 32.8 Å². The molecule has 7 nitrogen and oxygen atoms in total. The topological polar surface area (TPSA) is 67.0 Å². The Bertz CT molecular complexity index is 501. The zero-order valence-corrected chi connectivity index (χ0v) is 12.9. The maximum absolute atomic E-state index is 5.68. The second kappa shape index (κ2) is 6.72. The van der Waals surface area contributed by atoms with Gasteiger partial charge in [-0.25, -0.2) is 0 Å². The van der Waals surface area contributed by atoms with Crippen LogP contribution in [-0.4, -0.2) is 64.7 Å². The predicted molar refractivity (Wildman–Crippen MR) is 78.2 cm³/mol. The van der Waals surface area contributed by atoms with Crippen molar-refractivity contribution in [2.45, 2.75) is 31.8 Å². The molecule has 0 bridgehead atoms. The molecule has 1 atom stereocenters. The fraction of sp³-hybridized carbons (Fsp3) is 0.769. The molecule has 21 heavy (non-hydrogen) atoms. The first-order chi connectivity index (χ1) is 10.2. The van der Waals surface area contributed by atoms with Crippen molar-refractivity contribution in [3.8, 4) is 0 Å². The number of morpholine rings is 1. The molecule has 116 valence electrons. The van der Waals surface area contributed by atoms with Gasteiger partial charge in [0.1, 0.15) is 12.4 Å². The summed E-state index contributed by atoms with van der Waals surface area (Å²) in [4.78, 5) is 2.42. The minimum absolute atomic E-state index is 0.243. The van der Waals surface area contributed by atoms with Gasteiger partial charge in [-0.15, -0.1) is 21.8 Å². The number of hydrogen-bond donors (Lipinski definition) is 0. The van der Waals surface area contributed by atoms with Crippen LogP contribution in [0.4, 0.5) is 0 Å². The molecule has 2 aliphatic rings. The third-order valence-electron chi connectivity index (χ3n) is 3.74. The molecule has 0 radical (unpaired) electrons. The molecule has 1 saturated heterocycles. The Hall–Kier alpha value is -1.18. The van der Waals surface area contributed by atoms with Crippen LogP contribution in [0.5, 0.6) is 0 Å². The van der Waals surface area contributed by atoms with Crippen molar-refractivity contribution < 1.29 is 9.15 Å². The van der Waals surface area contributed by atoms with E-state index in [1.54, 1.807) is 0 Å². The van der Waals surface area contributed by atoms with Crippen LogP contribution in [0.15, 0.2) is 9.52 Å². The Balaban J connectivity index is 1.60. The lowest BCUT2D eigenvalue weighted by atomic mass is 10.1. The molecular weight excluding hydrogens is 294 g/mol. The predicted octanol–water partition coefficient (Wildman–Crippen LogP) is 1.09. The summed E-state index contributed by atoms with van der Waals surface area (Å²) in [5, 5.41) is 14.5. The molecule has 2 aliphatic heterocycles. The van der Waals surface area contributed by atoms with E-state index in [1.165, 1.54) is 0 Å². The molecule has 8 heteroatoms. The Labute approximate surface area is 128 Å². The monoisotopic (exact) mass is 313 g/mol. The van der Waals surface area contributed by atoms with Crippen molar-refractivity contribution in [2.24, 2.45) is 5.10 Å². The van der Waals surface area contributed by atoms with Crippen LogP contribution in [0.3, 0.4) is 0 Å². The van der Waals surface area contributed by atoms with E-state index in [2.05, 4.69) is 32.1 Å². The molecule has 1 aromatic heterocycles. The molecule has 0 amide bonds. The van der Waals surface area contributed by atoms with E-state index in [9.17, 15) is 0 Å². The van der Waals surface area contributed by atoms with Crippen LogP contribution < -0.4 is 0 Å². The highest BCUT2D eigenvalue weighted by molar-refractivity contribution is 6.16. The number of aromatic nitrogens is 2. The smallest absolute Gasteiger partial charge is 0.237 e. The van der Waals surface area contributed by atoms with Gasteiger partial charge in [-0.1, -0.05) is 0 Å². The average molecular weight is 314 g/mol. The SMILES string of the molecule is CC1=NN(Cc2nnc(CCl)o2)C(CN2CCOCC2)C1. The van der Waals surface area contributed by atoms with Crippen molar-refractivity contribution in [1.82, 2.24) is 20.1 Å². The highest BCUT2D eigenvalue weighted by Crippen LogP contribution is 2.20. The van der Waals surface area contributed by atoms with Crippen molar-refractivity contribution in [3.05, 3.63) is 11.8 Å². The van der Waals surface area contributed by atoms with Crippen molar-refractivity contribution in [3.63, 3.8) is 0 Å². The van der Waals surface area contributed by atoms with Crippen LogP contribution in [-0.2, 0) is 17.2 Å². The maximum atomic E-state index is 5.68. The molecule has 0 aromatic carbocycles. The minimum atomic E-state index is 0.243. The molecule has 1 fully saturated rings. The lowest BCUT2D eigenvalue weighted by molar-refractivity contribution is 0.0238. The third kappa shape index (κ3) is 3.72. The van der Waals surface area contributed by atoms with Gasteiger partial charge < -0.3 is 9.15 Å². The van der Waals surface area contributed by atoms with E-state index in [0.29, 0.717) is 24.4 Å². The first-order valence-electron chi connectivity index (χ1n) is 7.22. The molecule has 0 aliphatic carbocycles. The van der Waals surface area contributed by atoms with Gasteiger partial charge in [-0.05, 0) is 6.92 Å². The number of hydrogen-bond acceptors (Lipinski definition) is 7. The minimum Gasteiger partial charge on any atom is -0.422 e. The van der Waals surface area contributed by atoms with E-state index < -0.39 is 0 Å². The van der Waals surface area contributed by atoms with Gasteiger partial charge in [0.2, 0.25) is 11.8 Å². The Kier molecular flexibility index (Phi) is 4.72. The van der Waals surface area contributed by atoms with E-state index in [1.807, 2.05) is 0 Å². The Morgan fingerprint density at radius 2 is 2.00 bits per heavy atom. The molecule has 1 unspecified atom stereocenters. The normalized spacial score (nSPS) is 23.6. The lowest BCUT2D eigenvalue weighted by Crippen LogP contribution is -2.44. The van der Waals surface area contributed by atoms with Gasteiger partial charge >= 0.3 is 0 Å². The molecular formula is C13H20ClN5O2. The summed E-state index contributed by atoms with van der Waals surface area (Å²) in [5.74, 6) is 1.26. The lowest BCUT2D eigenvalue weighted by Gasteiger charge is -2.31. The first-order valence-corrected chi connectivity index (χ1v) is 7.76. The van der Waals surface area contributed by atoms with Gasteiger partial charge in [0.25, 0.3) is 0 Å². The van der Waals surface area contributed by atoms with Crippen LogP contribution in [0.25, 0.3) is 0 Å². The fourth-order valence-corrected chi connectivity index (χ4v) is 2.85. The number of ether oxygens (including phenoxy) is 1. The van der Waals surface area contributed by atoms with Gasteiger partial charge in [0.05, 0.1) is 19.3 Å². The van der Waals surface area contributed by atoms with Crippen LogP contribution in [0.2, 0.25) is 0 Å². The second-order valence-electron chi connectivity index (χ2n) is 5.43.